The summed E-state index contributed by atoms with van der Waals surface area (Å²) < 4.78 is 5.52. The summed E-state index contributed by atoms with van der Waals surface area (Å²) in [6, 6.07) is 5.56. The first kappa shape index (κ1) is 14.6. The molecule has 4 heteroatoms. The summed E-state index contributed by atoms with van der Waals surface area (Å²) in [5.74, 6) is 0.599. The Balaban J connectivity index is 1.86. The van der Waals surface area contributed by atoms with E-state index in [4.69, 9.17) is 4.74 Å². The maximum Gasteiger partial charge on any atom is 0.258 e. The largest absolute Gasteiger partial charge is 0.484 e. The van der Waals surface area contributed by atoms with Crippen LogP contribution in [0.25, 0.3) is 0 Å². The topological polar surface area (TPSA) is 55.4 Å². The number of amides is 1. The predicted molar refractivity (Wildman–Crippen MR) is 77.1 cm³/mol. The van der Waals surface area contributed by atoms with Gasteiger partial charge < -0.3 is 10.1 Å². The summed E-state index contributed by atoms with van der Waals surface area (Å²) in [7, 11) is 0. The van der Waals surface area contributed by atoms with E-state index in [0.29, 0.717) is 17.4 Å². The molecule has 4 nitrogen and oxygen atoms in total. The number of rotatable bonds is 5. The van der Waals surface area contributed by atoms with Crippen molar-refractivity contribution in [3.8, 4) is 5.75 Å². The van der Waals surface area contributed by atoms with Crippen LogP contribution in [0.1, 0.15) is 48.5 Å². The minimum atomic E-state index is -0.0769. The lowest BCUT2D eigenvalue weighted by Gasteiger charge is -2.13. The third kappa shape index (κ3) is 3.83. The molecule has 1 amide bonds. The highest BCUT2D eigenvalue weighted by Crippen LogP contribution is 2.20. The highest BCUT2D eigenvalue weighted by atomic mass is 16.5. The van der Waals surface area contributed by atoms with Crippen LogP contribution in [0.4, 0.5) is 0 Å². The van der Waals surface area contributed by atoms with E-state index in [1.54, 1.807) is 18.2 Å². The zero-order chi connectivity index (χ0) is 14.5. The van der Waals surface area contributed by atoms with Gasteiger partial charge in [0.2, 0.25) is 0 Å². The fourth-order valence-electron chi connectivity index (χ4n) is 2.51. The van der Waals surface area contributed by atoms with Gasteiger partial charge in [-0.2, -0.15) is 0 Å². The number of Topliss-reactive ketones (excluding diaryl/α,β-unsaturated/α-hetero) is 1. The van der Waals surface area contributed by atoms with Crippen LogP contribution in [-0.4, -0.2) is 24.3 Å². The molecule has 2 rings (SSSR count). The molecule has 108 valence electrons. The van der Waals surface area contributed by atoms with E-state index in [1.807, 2.05) is 6.92 Å². The van der Waals surface area contributed by atoms with Crippen molar-refractivity contribution in [2.45, 2.75) is 45.6 Å². The van der Waals surface area contributed by atoms with E-state index in [2.05, 4.69) is 5.32 Å². The molecule has 0 aromatic heterocycles. The molecule has 0 atom stereocenters. The third-order valence-corrected chi connectivity index (χ3v) is 3.66. The average molecular weight is 275 g/mol. The molecule has 0 unspecified atom stereocenters. The van der Waals surface area contributed by atoms with Crippen molar-refractivity contribution in [2.24, 2.45) is 0 Å². The molecule has 0 heterocycles. The number of benzene rings is 1. The van der Waals surface area contributed by atoms with Crippen molar-refractivity contribution in [3.63, 3.8) is 0 Å². The van der Waals surface area contributed by atoms with Gasteiger partial charge in [0.05, 0.1) is 0 Å². The Bertz CT molecular complexity index is 504. The number of hydrogen-bond acceptors (Lipinski definition) is 3. The average Bonchev–Trinajstić information content (AvgIpc) is 2.90. The van der Waals surface area contributed by atoms with Gasteiger partial charge in [0.1, 0.15) is 5.75 Å². The van der Waals surface area contributed by atoms with E-state index in [-0.39, 0.29) is 18.3 Å². The molecule has 0 spiro atoms. The summed E-state index contributed by atoms with van der Waals surface area (Å²) in [6.07, 6.45) is 4.52. The predicted octanol–water partition coefficient (Wildman–Crippen LogP) is 2.64. The number of nitrogens with one attached hydrogen (secondary N) is 1. The van der Waals surface area contributed by atoms with Crippen LogP contribution < -0.4 is 10.1 Å². The molecule has 0 aliphatic heterocycles. The monoisotopic (exact) mass is 275 g/mol. The first-order chi connectivity index (χ1) is 9.56. The van der Waals surface area contributed by atoms with Crippen molar-refractivity contribution in [2.75, 3.05) is 6.61 Å². The minimum absolute atomic E-state index is 0.0246. The summed E-state index contributed by atoms with van der Waals surface area (Å²) in [5, 5.41) is 2.98. The van der Waals surface area contributed by atoms with E-state index >= 15 is 0 Å². The van der Waals surface area contributed by atoms with Crippen LogP contribution in [0.3, 0.4) is 0 Å². The lowest BCUT2D eigenvalue weighted by Crippen LogP contribution is -2.36. The molecule has 0 saturated heterocycles. The lowest BCUT2D eigenvalue weighted by molar-refractivity contribution is -0.123. The number of aryl methyl sites for hydroxylation is 1. The van der Waals surface area contributed by atoms with Crippen LogP contribution in [0.2, 0.25) is 0 Å². The standard InChI is InChI=1S/C16H21NO3/c1-11-9-13(12(2)18)7-8-15(11)20-10-16(19)17-14-5-3-4-6-14/h7-9,14H,3-6,10H2,1-2H3,(H,17,19). The van der Waals surface area contributed by atoms with E-state index in [9.17, 15) is 9.59 Å². The maximum absolute atomic E-state index is 11.8. The molecule has 1 aromatic rings. The molecule has 1 aromatic carbocycles. The highest BCUT2D eigenvalue weighted by molar-refractivity contribution is 5.94. The van der Waals surface area contributed by atoms with Crippen molar-refractivity contribution in [3.05, 3.63) is 29.3 Å². The van der Waals surface area contributed by atoms with Gasteiger partial charge in [-0.1, -0.05) is 12.8 Å². The SMILES string of the molecule is CC(=O)c1ccc(OCC(=O)NC2CCCC2)c(C)c1. The third-order valence-electron chi connectivity index (χ3n) is 3.66. The van der Waals surface area contributed by atoms with E-state index in [0.717, 1.165) is 18.4 Å². The van der Waals surface area contributed by atoms with Crippen LogP contribution >= 0.6 is 0 Å². The zero-order valence-corrected chi connectivity index (χ0v) is 12.1. The first-order valence-corrected chi connectivity index (χ1v) is 7.10. The van der Waals surface area contributed by atoms with Crippen molar-refractivity contribution >= 4 is 11.7 Å². The molecule has 1 fully saturated rings. The first-order valence-electron chi connectivity index (χ1n) is 7.10. The summed E-state index contributed by atoms with van der Waals surface area (Å²) >= 11 is 0. The van der Waals surface area contributed by atoms with Gasteiger partial charge >= 0.3 is 0 Å². The molecule has 1 aliphatic rings. The molecule has 1 N–H and O–H groups in total. The molecule has 0 radical (unpaired) electrons. The maximum atomic E-state index is 11.8. The van der Waals surface area contributed by atoms with Crippen LogP contribution in [0.5, 0.6) is 5.75 Å². The number of ketones is 1. The Morgan fingerprint density at radius 3 is 2.60 bits per heavy atom. The highest BCUT2D eigenvalue weighted by Gasteiger charge is 2.17. The Kier molecular flexibility index (Phi) is 4.77. The molecule has 20 heavy (non-hydrogen) atoms. The van der Waals surface area contributed by atoms with Gasteiger partial charge in [0, 0.05) is 11.6 Å². The smallest absolute Gasteiger partial charge is 0.258 e. The molecular formula is C16H21NO3. The Labute approximate surface area is 119 Å². The van der Waals surface area contributed by atoms with E-state index < -0.39 is 0 Å². The molecule has 1 saturated carbocycles. The van der Waals surface area contributed by atoms with Crippen molar-refractivity contribution in [1.82, 2.24) is 5.32 Å². The van der Waals surface area contributed by atoms with Crippen LogP contribution in [0.15, 0.2) is 18.2 Å². The number of carbonyl (C=O) groups excluding carboxylic acids is 2. The second kappa shape index (κ2) is 6.55. The minimum Gasteiger partial charge on any atom is -0.484 e. The van der Waals surface area contributed by atoms with E-state index in [1.165, 1.54) is 19.8 Å². The zero-order valence-electron chi connectivity index (χ0n) is 12.1. The summed E-state index contributed by atoms with van der Waals surface area (Å²) in [5.41, 5.74) is 1.52. The quantitative estimate of drug-likeness (QED) is 0.840. The fourth-order valence-corrected chi connectivity index (χ4v) is 2.51. The van der Waals surface area contributed by atoms with Gasteiger partial charge in [-0.3, -0.25) is 9.59 Å². The number of hydrogen-bond donors (Lipinski definition) is 1. The molecular weight excluding hydrogens is 254 g/mol. The van der Waals surface area contributed by atoms with Gasteiger partial charge in [0.15, 0.2) is 12.4 Å². The summed E-state index contributed by atoms with van der Waals surface area (Å²) in [6.45, 7) is 3.43. The Hall–Kier alpha value is -1.84. The van der Waals surface area contributed by atoms with Crippen LogP contribution in [0, 0.1) is 6.92 Å². The van der Waals surface area contributed by atoms with Gasteiger partial charge in [0.25, 0.3) is 5.91 Å². The molecule has 0 bridgehead atoms. The lowest BCUT2D eigenvalue weighted by atomic mass is 10.1. The molecule has 1 aliphatic carbocycles. The van der Waals surface area contributed by atoms with Gasteiger partial charge in [-0.15, -0.1) is 0 Å². The second-order valence-corrected chi connectivity index (χ2v) is 5.37. The van der Waals surface area contributed by atoms with Gasteiger partial charge in [-0.05, 0) is 50.5 Å². The Morgan fingerprint density at radius 1 is 1.30 bits per heavy atom. The number of ether oxygens (including phenoxy) is 1. The normalized spacial score (nSPS) is 15.1. The second-order valence-electron chi connectivity index (χ2n) is 5.37. The van der Waals surface area contributed by atoms with Crippen molar-refractivity contribution in [1.29, 1.82) is 0 Å². The Morgan fingerprint density at radius 2 is 2.00 bits per heavy atom. The summed E-state index contributed by atoms with van der Waals surface area (Å²) in [4.78, 5) is 23.0. The number of carbonyl (C=O) groups is 2. The fraction of sp³-hybridized carbons (Fsp3) is 0.500. The van der Waals surface area contributed by atoms with Crippen molar-refractivity contribution < 1.29 is 14.3 Å². The van der Waals surface area contributed by atoms with Crippen LogP contribution in [-0.2, 0) is 4.79 Å². The van der Waals surface area contributed by atoms with Gasteiger partial charge in [-0.25, -0.2) is 0 Å².